The maximum absolute atomic E-state index is 12.3. The SMILES string of the molecule is CC(C)CCC(=O)N1C[C@@H](CN)[C@H](c2ccccc2)C1.Cl. The third-order valence-corrected chi connectivity index (χ3v) is 4.26. The largest absolute Gasteiger partial charge is 0.342 e. The number of nitrogens with two attached hydrogens (primary N) is 1. The first-order chi connectivity index (χ1) is 9.61. The molecule has 1 aromatic carbocycles. The van der Waals surface area contributed by atoms with Gasteiger partial charge in [-0.2, -0.15) is 0 Å². The van der Waals surface area contributed by atoms with Gasteiger partial charge in [0, 0.05) is 25.4 Å². The Balaban J connectivity index is 0.00000220. The average Bonchev–Trinajstić information content (AvgIpc) is 2.90. The van der Waals surface area contributed by atoms with Gasteiger partial charge in [0.15, 0.2) is 0 Å². The standard InChI is InChI=1S/C17H26N2O.ClH/c1-13(2)8-9-17(20)19-11-15(10-18)16(12-19)14-6-4-3-5-7-14;/h3-7,13,15-16H,8-12,18H2,1-2H3;1H/t15-,16+;/m1./s1. The molecule has 0 bridgehead atoms. The molecule has 0 spiro atoms. The lowest BCUT2D eigenvalue weighted by Crippen LogP contribution is -2.29. The Morgan fingerprint density at radius 1 is 1.29 bits per heavy atom. The second kappa shape index (κ2) is 8.40. The lowest BCUT2D eigenvalue weighted by molar-refractivity contribution is -0.130. The molecule has 1 aromatic rings. The van der Waals surface area contributed by atoms with Crippen molar-refractivity contribution in [2.24, 2.45) is 17.6 Å². The molecule has 1 fully saturated rings. The minimum Gasteiger partial charge on any atom is -0.342 e. The molecule has 21 heavy (non-hydrogen) atoms. The number of benzene rings is 1. The molecule has 0 aromatic heterocycles. The van der Waals surface area contributed by atoms with E-state index in [4.69, 9.17) is 5.73 Å². The van der Waals surface area contributed by atoms with Gasteiger partial charge in [-0.05, 0) is 30.4 Å². The molecule has 0 unspecified atom stereocenters. The smallest absolute Gasteiger partial charge is 0.222 e. The summed E-state index contributed by atoms with van der Waals surface area (Å²) in [6, 6.07) is 10.4. The number of likely N-dealkylation sites (tertiary alicyclic amines) is 1. The summed E-state index contributed by atoms with van der Waals surface area (Å²) in [5, 5.41) is 0. The van der Waals surface area contributed by atoms with Crippen molar-refractivity contribution in [3.63, 3.8) is 0 Å². The average molecular weight is 311 g/mol. The maximum atomic E-state index is 12.3. The van der Waals surface area contributed by atoms with Crippen LogP contribution in [0.5, 0.6) is 0 Å². The molecule has 2 rings (SSSR count). The van der Waals surface area contributed by atoms with Crippen LogP contribution in [0.2, 0.25) is 0 Å². The van der Waals surface area contributed by atoms with Gasteiger partial charge in [-0.15, -0.1) is 12.4 Å². The minimum atomic E-state index is 0. The number of hydrogen-bond acceptors (Lipinski definition) is 2. The maximum Gasteiger partial charge on any atom is 0.222 e. The Labute approximate surface area is 134 Å². The van der Waals surface area contributed by atoms with Gasteiger partial charge in [0.05, 0.1) is 0 Å². The molecule has 1 aliphatic heterocycles. The van der Waals surface area contributed by atoms with Crippen LogP contribution in [0.25, 0.3) is 0 Å². The number of carbonyl (C=O) groups is 1. The highest BCUT2D eigenvalue weighted by Crippen LogP contribution is 2.32. The van der Waals surface area contributed by atoms with Gasteiger partial charge in [0.2, 0.25) is 5.91 Å². The molecule has 0 aliphatic carbocycles. The normalized spacial score (nSPS) is 21.4. The van der Waals surface area contributed by atoms with Crippen LogP contribution < -0.4 is 5.73 Å². The van der Waals surface area contributed by atoms with Crippen molar-refractivity contribution in [1.82, 2.24) is 4.90 Å². The molecule has 1 aliphatic rings. The van der Waals surface area contributed by atoms with Gasteiger partial charge in [-0.3, -0.25) is 4.79 Å². The highest BCUT2D eigenvalue weighted by atomic mass is 35.5. The fourth-order valence-corrected chi connectivity index (χ4v) is 2.96. The van der Waals surface area contributed by atoms with E-state index in [9.17, 15) is 4.79 Å². The first-order valence-corrected chi connectivity index (χ1v) is 7.64. The molecule has 1 saturated heterocycles. The van der Waals surface area contributed by atoms with Crippen LogP contribution in [-0.4, -0.2) is 30.4 Å². The predicted molar refractivity (Wildman–Crippen MR) is 89.6 cm³/mol. The Morgan fingerprint density at radius 2 is 1.95 bits per heavy atom. The summed E-state index contributed by atoms with van der Waals surface area (Å²) in [7, 11) is 0. The van der Waals surface area contributed by atoms with Crippen molar-refractivity contribution in [3.8, 4) is 0 Å². The van der Waals surface area contributed by atoms with Gasteiger partial charge in [-0.25, -0.2) is 0 Å². The fourth-order valence-electron chi connectivity index (χ4n) is 2.96. The number of hydrogen-bond donors (Lipinski definition) is 1. The molecule has 4 heteroatoms. The van der Waals surface area contributed by atoms with Gasteiger partial charge >= 0.3 is 0 Å². The number of amides is 1. The Kier molecular flexibility index (Phi) is 7.20. The molecule has 0 radical (unpaired) electrons. The van der Waals surface area contributed by atoms with Crippen LogP contribution in [0.3, 0.4) is 0 Å². The lowest BCUT2D eigenvalue weighted by atomic mass is 9.89. The van der Waals surface area contributed by atoms with Crippen molar-refractivity contribution in [2.45, 2.75) is 32.6 Å². The molecule has 0 saturated carbocycles. The molecule has 1 amide bonds. The number of carbonyl (C=O) groups excluding carboxylic acids is 1. The van der Waals surface area contributed by atoms with Crippen molar-refractivity contribution >= 4 is 18.3 Å². The van der Waals surface area contributed by atoms with Gasteiger partial charge < -0.3 is 10.6 Å². The topological polar surface area (TPSA) is 46.3 Å². The van der Waals surface area contributed by atoms with Crippen molar-refractivity contribution in [2.75, 3.05) is 19.6 Å². The van der Waals surface area contributed by atoms with E-state index in [-0.39, 0.29) is 18.3 Å². The monoisotopic (exact) mass is 310 g/mol. The number of nitrogens with zero attached hydrogens (tertiary/aromatic N) is 1. The zero-order valence-electron chi connectivity index (χ0n) is 13.0. The number of halogens is 1. The van der Waals surface area contributed by atoms with Crippen molar-refractivity contribution in [1.29, 1.82) is 0 Å². The summed E-state index contributed by atoms with van der Waals surface area (Å²) in [6.45, 7) is 6.60. The van der Waals surface area contributed by atoms with Gasteiger partial charge in [0.1, 0.15) is 0 Å². The third kappa shape index (κ3) is 4.72. The molecule has 118 valence electrons. The molecule has 2 N–H and O–H groups in total. The fraction of sp³-hybridized carbons (Fsp3) is 0.588. The van der Waals surface area contributed by atoms with Crippen LogP contribution in [0.1, 0.15) is 38.2 Å². The molecular weight excluding hydrogens is 284 g/mol. The number of rotatable bonds is 5. The molecular formula is C17H27ClN2O. The Hall–Kier alpha value is -1.06. The van der Waals surface area contributed by atoms with E-state index in [1.807, 2.05) is 11.0 Å². The Morgan fingerprint density at radius 3 is 2.52 bits per heavy atom. The molecule has 3 nitrogen and oxygen atoms in total. The van der Waals surface area contributed by atoms with Crippen molar-refractivity contribution in [3.05, 3.63) is 35.9 Å². The van der Waals surface area contributed by atoms with E-state index in [0.29, 0.717) is 30.7 Å². The quantitative estimate of drug-likeness (QED) is 0.908. The van der Waals surface area contributed by atoms with E-state index in [2.05, 4.69) is 38.1 Å². The summed E-state index contributed by atoms with van der Waals surface area (Å²) in [5.74, 6) is 1.65. The summed E-state index contributed by atoms with van der Waals surface area (Å²) < 4.78 is 0. The third-order valence-electron chi connectivity index (χ3n) is 4.26. The highest BCUT2D eigenvalue weighted by molar-refractivity contribution is 5.85. The van der Waals surface area contributed by atoms with Gasteiger partial charge in [-0.1, -0.05) is 44.2 Å². The van der Waals surface area contributed by atoms with E-state index in [1.54, 1.807) is 0 Å². The minimum absolute atomic E-state index is 0. The van der Waals surface area contributed by atoms with Crippen molar-refractivity contribution < 1.29 is 4.79 Å². The second-order valence-corrected chi connectivity index (χ2v) is 6.24. The van der Waals surface area contributed by atoms with Gasteiger partial charge in [0.25, 0.3) is 0 Å². The zero-order chi connectivity index (χ0) is 14.5. The highest BCUT2D eigenvalue weighted by Gasteiger charge is 2.34. The zero-order valence-corrected chi connectivity index (χ0v) is 13.8. The van der Waals surface area contributed by atoms with Crippen LogP contribution in [0.15, 0.2) is 30.3 Å². The molecule has 2 atom stereocenters. The summed E-state index contributed by atoms with van der Waals surface area (Å²) >= 11 is 0. The Bertz CT molecular complexity index is 436. The van der Waals surface area contributed by atoms with Crippen LogP contribution in [0, 0.1) is 11.8 Å². The first-order valence-electron chi connectivity index (χ1n) is 7.64. The van der Waals surface area contributed by atoms with E-state index >= 15 is 0 Å². The predicted octanol–water partition coefficient (Wildman–Crippen LogP) is 3.05. The van der Waals surface area contributed by atoms with Crippen LogP contribution >= 0.6 is 12.4 Å². The lowest BCUT2D eigenvalue weighted by Gasteiger charge is -2.17. The van der Waals surface area contributed by atoms with E-state index in [1.165, 1.54) is 5.56 Å². The van der Waals surface area contributed by atoms with Crippen LogP contribution in [-0.2, 0) is 4.79 Å². The molecule has 1 heterocycles. The summed E-state index contributed by atoms with van der Waals surface area (Å²) in [4.78, 5) is 14.3. The van der Waals surface area contributed by atoms with Crippen LogP contribution in [0.4, 0.5) is 0 Å². The summed E-state index contributed by atoms with van der Waals surface area (Å²) in [5.41, 5.74) is 7.22. The van der Waals surface area contributed by atoms with E-state index < -0.39 is 0 Å². The van der Waals surface area contributed by atoms with E-state index in [0.717, 1.165) is 19.5 Å². The second-order valence-electron chi connectivity index (χ2n) is 6.24. The summed E-state index contributed by atoms with van der Waals surface area (Å²) in [6.07, 6.45) is 1.63. The first kappa shape index (κ1) is 18.0.